The molecule has 3 rings (SSSR count). The molecular weight excluding hydrogens is 252 g/mol. The standard InChI is InChI=1S/C13H16O6/c1-5(14)18-9-3-7-10-8(4-17-13(10)16)11(9)12(7)19-6(2)15/h7-12H,3-4H2,1-2H3/t7-,8+,9+,10+,11-,12+/m1/s1. The zero-order chi connectivity index (χ0) is 13.7. The van der Waals surface area contributed by atoms with E-state index in [-0.39, 0.29) is 53.8 Å². The van der Waals surface area contributed by atoms with Gasteiger partial charge in [0.05, 0.1) is 12.5 Å². The van der Waals surface area contributed by atoms with E-state index in [1.54, 1.807) is 0 Å². The molecule has 1 heterocycles. The lowest BCUT2D eigenvalue weighted by atomic mass is 9.80. The SMILES string of the molecule is CC(=O)O[C@H]1[C@@H]2C[C@H](OC(C)=O)[C@H]1[C@H]1COC(=O)[C@@H]21. The van der Waals surface area contributed by atoms with Crippen molar-refractivity contribution in [2.75, 3.05) is 6.61 Å². The Bertz CT molecular complexity index is 444. The van der Waals surface area contributed by atoms with E-state index >= 15 is 0 Å². The molecule has 1 saturated heterocycles. The number of cyclic esters (lactones) is 1. The molecule has 0 aromatic heterocycles. The molecule has 3 aliphatic rings. The smallest absolute Gasteiger partial charge is 0.309 e. The Morgan fingerprint density at radius 3 is 2.47 bits per heavy atom. The van der Waals surface area contributed by atoms with Gasteiger partial charge in [-0.05, 0) is 6.42 Å². The highest BCUT2D eigenvalue weighted by molar-refractivity contribution is 5.77. The monoisotopic (exact) mass is 268 g/mol. The van der Waals surface area contributed by atoms with Gasteiger partial charge < -0.3 is 14.2 Å². The van der Waals surface area contributed by atoms with Crippen LogP contribution in [0, 0.1) is 23.7 Å². The van der Waals surface area contributed by atoms with Crippen LogP contribution in [0.1, 0.15) is 20.3 Å². The summed E-state index contributed by atoms with van der Waals surface area (Å²) in [5.74, 6) is -1.33. The van der Waals surface area contributed by atoms with E-state index in [0.29, 0.717) is 13.0 Å². The first-order valence-corrected chi connectivity index (χ1v) is 6.50. The van der Waals surface area contributed by atoms with Crippen molar-refractivity contribution in [1.82, 2.24) is 0 Å². The number of fused-ring (bicyclic) bond motifs is 5. The van der Waals surface area contributed by atoms with E-state index in [2.05, 4.69) is 0 Å². The first kappa shape index (κ1) is 12.4. The number of esters is 3. The zero-order valence-corrected chi connectivity index (χ0v) is 10.8. The molecule has 0 N–H and O–H groups in total. The maximum absolute atomic E-state index is 11.7. The number of rotatable bonds is 2. The van der Waals surface area contributed by atoms with Crippen molar-refractivity contribution in [2.45, 2.75) is 32.5 Å². The van der Waals surface area contributed by atoms with Gasteiger partial charge in [0.15, 0.2) is 0 Å². The van der Waals surface area contributed by atoms with Gasteiger partial charge in [0.2, 0.25) is 0 Å². The lowest BCUT2D eigenvalue weighted by molar-refractivity contribution is -0.155. The summed E-state index contributed by atoms with van der Waals surface area (Å²) >= 11 is 0. The molecule has 6 nitrogen and oxygen atoms in total. The van der Waals surface area contributed by atoms with Gasteiger partial charge in [-0.2, -0.15) is 0 Å². The number of carbonyl (C=O) groups is 3. The fraction of sp³-hybridized carbons (Fsp3) is 0.769. The molecule has 2 aliphatic carbocycles. The summed E-state index contributed by atoms with van der Waals surface area (Å²) in [7, 11) is 0. The van der Waals surface area contributed by atoms with Crippen molar-refractivity contribution in [2.24, 2.45) is 23.7 Å². The van der Waals surface area contributed by atoms with E-state index in [4.69, 9.17) is 14.2 Å². The molecule has 104 valence electrons. The second kappa shape index (κ2) is 4.21. The second-order valence-electron chi connectivity index (χ2n) is 5.52. The van der Waals surface area contributed by atoms with Gasteiger partial charge in [-0.3, -0.25) is 14.4 Å². The van der Waals surface area contributed by atoms with Crippen LogP contribution in [0.4, 0.5) is 0 Å². The predicted octanol–water partition coefficient (Wildman–Crippen LogP) is 0.289. The quantitative estimate of drug-likeness (QED) is 0.529. The van der Waals surface area contributed by atoms with Crippen molar-refractivity contribution in [3.8, 4) is 0 Å². The number of hydrogen-bond acceptors (Lipinski definition) is 6. The van der Waals surface area contributed by atoms with E-state index in [1.165, 1.54) is 13.8 Å². The van der Waals surface area contributed by atoms with Crippen LogP contribution in [0.2, 0.25) is 0 Å². The molecular formula is C13H16O6. The van der Waals surface area contributed by atoms with Crippen molar-refractivity contribution in [3.63, 3.8) is 0 Å². The summed E-state index contributed by atoms with van der Waals surface area (Å²) in [5, 5.41) is 0. The predicted molar refractivity (Wildman–Crippen MR) is 60.6 cm³/mol. The molecule has 0 unspecified atom stereocenters. The third-order valence-corrected chi connectivity index (χ3v) is 4.46. The highest BCUT2D eigenvalue weighted by Gasteiger charge is 2.66. The van der Waals surface area contributed by atoms with E-state index in [9.17, 15) is 14.4 Å². The van der Waals surface area contributed by atoms with Crippen molar-refractivity contribution in [3.05, 3.63) is 0 Å². The Morgan fingerprint density at radius 1 is 1.16 bits per heavy atom. The average Bonchev–Trinajstić information content (AvgIpc) is 2.89. The minimum Gasteiger partial charge on any atom is -0.465 e. The molecule has 0 aromatic rings. The summed E-state index contributed by atoms with van der Waals surface area (Å²) < 4.78 is 15.7. The molecule has 0 spiro atoms. The summed E-state index contributed by atoms with van der Waals surface area (Å²) in [6.07, 6.45) is -0.0364. The maximum atomic E-state index is 11.7. The molecule has 3 fully saturated rings. The summed E-state index contributed by atoms with van der Waals surface area (Å²) in [4.78, 5) is 34.1. The molecule has 2 bridgehead atoms. The fourth-order valence-electron chi connectivity index (χ4n) is 4.02. The van der Waals surface area contributed by atoms with Crippen LogP contribution < -0.4 is 0 Å². The molecule has 0 radical (unpaired) electrons. The van der Waals surface area contributed by atoms with Crippen LogP contribution >= 0.6 is 0 Å². The minimum absolute atomic E-state index is 0.0000463. The average molecular weight is 268 g/mol. The summed E-state index contributed by atoms with van der Waals surface area (Å²) in [6, 6.07) is 0. The van der Waals surface area contributed by atoms with E-state index in [1.807, 2.05) is 0 Å². The molecule has 6 heteroatoms. The lowest BCUT2D eigenvalue weighted by Gasteiger charge is -2.27. The first-order chi connectivity index (χ1) is 8.99. The molecule has 19 heavy (non-hydrogen) atoms. The van der Waals surface area contributed by atoms with Gasteiger partial charge in [-0.1, -0.05) is 0 Å². The van der Waals surface area contributed by atoms with E-state index in [0.717, 1.165) is 0 Å². The third-order valence-electron chi connectivity index (χ3n) is 4.46. The van der Waals surface area contributed by atoms with Crippen LogP contribution in [-0.4, -0.2) is 36.7 Å². The van der Waals surface area contributed by atoms with Crippen LogP contribution in [0.3, 0.4) is 0 Å². The minimum atomic E-state index is -0.364. The van der Waals surface area contributed by atoms with Crippen molar-refractivity contribution >= 4 is 17.9 Å². The third kappa shape index (κ3) is 1.81. The van der Waals surface area contributed by atoms with Crippen LogP contribution in [0.15, 0.2) is 0 Å². The van der Waals surface area contributed by atoms with Crippen molar-refractivity contribution in [1.29, 1.82) is 0 Å². The molecule has 0 amide bonds. The van der Waals surface area contributed by atoms with Crippen LogP contribution in [0.25, 0.3) is 0 Å². The largest absolute Gasteiger partial charge is 0.465 e. The van der Waals surface area contributed by atoms with Gasteiger partial charge in [0.25, 0.3) is 0 Å². The number of hydrogen-bond donors (Lipinski definition) is 0. The van der Waals surface area contributed by atoms with Gasteiger partial charge in [-0.15, -0.1) is 0 Å². The van der Waals surface area contributed by atoms with Gasteiger partial charge >= 0.3 is 17.9 Å². The van der Waals surface area contributed by atoms with Crippen LogP contribution in [0.5, 0.6) is 0 Å². The molecule has 2 saturated carbocycles. The van der Waals surface area contributed by atoms with Gasteiger partial charge in [0, 0.05) is 31.6 Å². The molecule has 6 atom stereocenters. The Labute approximate surface area is 110 Å². The highest BCUT2D eigenvalue weighted by atomic mass is 16.6. The number of carbonyl (C=O) groups excluding carboxylic acids is 3. The van der Waals surface area contributed by atoms with E-state index < -0.39 is 0 Å². The van der Waals surface area contributed by atoms with Crippen LogP contribution in [-0.2, 0) is 28.6 Å². The Balaban J connectivity index is 1.85. The Morgan fingerprint density at radius 2 is 1.84 bits per heavy atom. The van der Waals surface area contributed by atoms with Gasteiger partial charge in [0.1, 0.15) is 12.2 Å². The number of ether oxygens (including phenoxy) is 3. The molecule has 0 aromatic carbocycles. The highest BCUT2D eigenvalue weighted by Crippen LogP contribution is 2.57. The normalized spacial score (nSPS) is 42.7. The summed E-state index contributed by atoms with van der Waals surface area (Å²) in [6.45, 7) is 3.05. The maximum Gasteiger partial charge on any atom is 0.309 e. The topological polar surface area (TPSA) is 78.9 Å². The second-order valence-corrected chi connectivity index (χ2v) is 5.52. The first-order valence-electron chi connectivity index (χ1n) is 6.50. The Hall–Kier alpha value is -1.59. The van der Waals surface area contributed by atoms with Gasteiger partial charge in [-0.25, -0.2) is 0 Å². The van der Waals surface area contributed by atoms with Crippen molar-refractivity contribution < 1.29 is 28.6 Å². The zero-order valence-electron chi connectivity index (χ0n) is 10.8. The summed E-state index contributed by atoms with van der Waals surface area (Å²) in [5.41, 5.74) is 0. The molecule has 1 aliphatic heterocycles. The fourth-order valence-corrected chi connectivity index (χ4v) is 4.02. The lowest BCUT2D eigenvalue weighted by Crippen LogP contribution is -2.35. The Kier molecular flexibility index (Phi) is 2.76.